The lowest BCUT2D eigenvalue weighted by Gasteiger charge is -2.13. The van der Waals surface area contributed by atoms with Crippen molar-refractivity contribution in [2.24, 2.45) is 4.99 Å². The van der Waals surface area contributed by atoms with E-state index in [0.717, 1.165) is 42.5 Å². The fraction of sp³-hybridized carbons (Fsp3) is 0.429. The number of aliphatic imine (C=N–C) groups is 1. The van der Waals surface area contributed by atoms with Gasteiger partial charge in [0.05, 0.1) is 26.0 Å². The highest BCUT2D eigenvalue weighted by Crippen LogP contribution is 2.28. The third-order valence-electron chi connectivity index (χ3n) is 4.23. The molecule has 0 unspecified atom stereocenters. The molecule has 0 saturated heterocycles. The molecule has 0 bridgehead atoms. The minimum Gasteiger partial charge on any atom is -0.493 e. The van der Waals surface area contributed by atoms with Gasteiger partial charge in [-0.3, -0.25) is 9.98 Å². The van der Waals surface area contributed by atoms with Crippen LogP contribution >= 0.6 is 24.0 Å². The van der Waals surface area contributed by atoms with E-state index in [4.69, 9.17) is 9.47 Å². The molecule has 154 valence electrons. The van der Waals surface area contributed by atoms with Crippen molar-refractivity contribution in [1.82, 2.24) is 15.6 Å². The highest BCUT2D eigenvalue weighted by Gasteiger charge is 2.06. The summed E-state index contributed by atoms with van der Waals surface area (Å²) < 4.78 is 11.0. The molecule has 0 saturated carbocycles. The molecule has 0 fully saturated rings. The van der Waals surface area contributed by atoms with Crippen LogP contribution in [-0.4, -0.2) is 38.3 Å². The van der Waals surface area contributed by atoms with Crippen LogP contribution in [0.25, 0.3) is 0 Å². The Morgan fingerprint density at radius 1 is 1.18 bits per heavy atom. The maximum Gasteiger partial charge on any atom is 0.191 e. The van der Waals surface area contributed by atoms with Crippen LogP contribution in [0.2, 0.25) is 0 Å². The molecule has 7 heteroatoms. The lowest BCUT2D eigenvalue weighted by atomic mass is 10.1. The van der Waals surface area contributed by atoms with Crippen LogP contribution in [0.1, 0.15) is 30.2 Å². The first-order valence-corrected chi connectivity index (χ1v) is 9.32. The van der Waals surface area contributed by atoms with E-state index in [1.807, 2.05) is 25.3 Å². The van der Waals surface area contributed by atoms with Gasteiger partial charge in [-0.25, -0.2) is 0 Å². The highest BCUT2D eigenvalue weighted by molar-refractivity contribution is 14.0. The highest BCUT2D eigenvalue weighted by atomic mass is 127. The first-order chi connectivity index (χ1) is 13.2. The van der Waals surface area contributed by atoms with Gasteiger partial charge in [0.25, 0.3) is 0 Å². The predicted octanol–water partition coefficient (Wildman–Crippen LogP) is 3.71. The van der Waals surface area contributed by atoms with Crippen molar-refractivity contribution in [3.8, 4) is 11.5 Å². The normalized spacial score (nSPS) is 10.8. The first-order valence-electron chi connectivity index (χ1n) is 9.32. The number of guanidine groups is 1. The van der Waals surface area contributed by atoms with Crippen molar-refractivity contribution >= 4 is 29.9 Å². The number of ether oxygens (including phenoxy) is 2. The summed E-state index contributed by atoms with van der Waals surface area (Å²) >= 11 is 0. The molecule has 1 aromatic carbocycles. The van der Waals surface area contributed by atoms with E-state index in [1.165, 1.54) is 11.1 Å². The first kappa shape index (κ1) is 24.0. The molecule has 6 nitrogen and oxygen atoms in total. The average molecular weight is 498 g/mol. The molecule has 0 atom stereocenters. The second kappa shape index (κ2) is 13.2. The third-order valence-corrected chi connectivity index (χ3v) is 4.23. The molecule has 0 aliphatic carbocycles. The van der Waals surface area contributed by atoms with Crippen molar-refractivity contribution in [3.05, 3.63) is 53.3 Å². The topological polar surface area (TPSA) is 67.8 Å². The molecular formula is C21H31IN4O2. The molecule has 0 spiro atoms. The Hall–Kier alpha value is -2.03. The van der Waals surface area contributed by atoms with E-state index in [-0.39, 0.29) is 24.0 Å². The van der Waals surface area contributed by atoms with E-state index in [1.54, 1.807) is 14.2 Å². The van der Waals surface area contributed by atoms with E-state index < -0.39 is 0 Å². The molecule has 0 amide bonds. The van der Waals surface area contributed by atoms with Crippen LogP contribution in [0.5, 0.6) is 11.5 Å². The molecule has 2 N–H and O–H groups in total. The zero-order valence-corrected chi connectivity index (χ0v) is 19.4. The Kier molecular flexibility index (Phi) is 11.3. The summed E-state index contributed by atoms with van der Waals surface area (Å²) in [5.41, 5.74) is 3.43. The van der Waals surface area contributed by atoms with Gasteiger partial charge < -0.3 is 20.1 Å². The summed E-state index contributed by atoms with van der Waals surface area (Å²) in [6.45, 7) is 6.14. The molecule has 0 aliphatic heterocycles. The van der Waals surface area contributed by atoms with Gasteiger partial charge in [-0.15, -0.1) is 24.0 Å². The van der Waals surface area contributed by atoms with Crippen LogP contribution in [0.15, 0.2) is 41.5 Å². The Morgan fingerprint density at radius 3 is 2.68 bits per heavy atom. The fourth-order valence-corrected chi connectivity index (χ4v) is 2.74. The Morgan fingerprint density at radius 2 is 2.00 bits per heavy atom. The van der Waals surface area contributed by atoms with Gasteiger partial charge in [0.2, 0.25) is 0 Å². The van der Waals surface area contributed by atoms with Crippen LogP contribution < -0.4 is 20.1 Å². The number of rotatable bonds is 9. The number of benzene rings is 1. The fourth-order valence-electron chi connectivity index (χ4n) is 2.74. The maximum absolute atomic E-state index is 5.64. The number of methoxy groups -OCH3 is 1. The standard InChI is InChI=1S/C21H30N4O2.HI/c1-5-27-20-14-17(10-11-19(20)26-4)9-7-13-24-21(22-3)25-15-18-16(2)8-6-12-23-18;/h6,8,10-12,14H,5,7,9,13,15H2,1-4H3,(H2,22,24,25);1H. The largest absolute Gasteiger partial charge is 0.493 e. The summed E-state index contributed by atoms with van der Waals surface area (Å²) in [5, 5.41) is 6.65. The van der Waals surface area contributed by atoms with E-state index in [2.05, 4.69) is 45.7 Å². The van der Waals surface area contributed by atoms with Crippen LogP contribution in [0, 0.1) is 6.92 Å². The predicted molar refractivity (Wildman–Crippen MR) is 125 cm³/mol. The maximum atomic E-state index is 5.64. The zero-order valence-electron chi connectivity index (χ0n) is 17.1. The van der Waals surface area contributed by atoms with Crippen molar-refractivity contribution in [1.29, 1.82) is 0 Å². The van der Waals surface area contributed by atoms with E-state index >= 15 is 0 Å². The zero-order chi connectivity index (χ0) is 19.5. The smallest absolute Gasteiger partial charge is 0.191 e. The molecule has 28 heavy (non-hydrogen) atoms. The third kappa shape index (κ3) is 7.53. The Balaban J connectivity index is 0.00000392. The van der Waals surface area contributed by atoms with Crippen molar-refractivity contribution in [2.45, 2.75) is 33.2 Å². The molecule has 2 aromatic rings. The van der Waals surface area contributed by atoms with Gasteiger partial charge in [-0.05, 0) is 56.0 Å². The molecule has 1 heterocycles. The second-order valence-electron chi connectivity index (χ2n) is 6.14. The Bertz CT molecular complexity index is 753. The minimum atomic E-state index is 0. The van der Waals surface area contributed by atoms with Crippen molar-refractivity contribution in [2.75, 3.05) is 27.3 Å². The van der Waals surface area contributed by atoms with E-state index in [9.17, 15) is 0 Å². The number of halogens is 1. The number of nitrogens with one attached hydrogen (secondary N) is 2. The minimum absolute atomic E-state index is 0. The summed E-state index contributed by atoms with van der Waals surface area (Å²) in [5.74, 6) is 2.35. The van der Waals surface area contributed by atoms with Gasteiger partial charge in [0.1, 0.15) is 0 Å². The summed E-state index contributed by atoms with van der Waals surface area (Å²) in [6, 6.07) is 10.1. The molecule has 0 aliphatic rings. The number of aryl methyl sites for hydroxylation is 2. The van der Waals surface area contributed by atoms with Gasteiger partial charge in [-0.1, -0.05) is 12.1 Å². The van der Waals surface area contributed by atoms with E-state index in [0.29, 0.717) is 13.2 Å². The lowest BCUT2D eigenvalue weighted by molar-refractivity contribution is 0.310. The van der Waals surface area contributed by atoms with Crippen LogP contribution in [-0.2, 0) is 13.0 Å². The molecule has 2 rings (SSSR count). The number of pyridine rings is 1. The van der Waals surface area contributed by atoms with Crippen molar-refractivity contribution in [3.63, 3.8) is 0 Å². The van der Waals surface area contributed by atoms with Gasteiger partial charge in [-0.2, -0.15) is 0 Å². The van der Waals surface area contributed by atoms with Crippen LogP contribution in [0.3, 0.4) is 0 Å². The average Bonchev–Trinajstić information content (AvgIpc) is 2.69. The Labute approximate surface area is 185 Å². The number of hydrogen-bond acceptors (Lipinski definition) is 4. The molecule has 0 radical (unpaired) electrons. The quantitative estimate of drug-likeness (QED) is 0.239. The van der Waals surface area contributed by atoms with Crippen molar-refractivity contribution < 1.29 is 9.47 Å². The van der Waals surface area contributed by atoms with Gasteiger partial charge in [0.15, 0.2) is 17.5 Å². The summed E-state index contributed by atoms with van der Waals surface area (Å²) in [4.78, 5) is 8.66. The number of aromatic nitrogens is 1. The van der Waals surface area contributed by atoms with Gasteiger partial charge in [0, 0.05) is 19.8 Å². The van der Waals surface area contributed by atoms with Crippen LogP contribution in [0.4, 0.5) is 0 Å². The number of nitrogens with zero attached hydrogens (tertiary/aromatic N) is 2. The lowest BCUT2D eigenvalue weighted by Crippen LogP contribution is -2.37. The summed E-state index contributed by atoms with van der Waals surface area (Å²) in [6.07, 6.45) is 3.75. The summed E-state index contributed by atoms with van der Waals surface area (Å²) in [7, 11) is 3.44. The monoisotopic (exact) mass is 498 g/mol. The van der Waals surface area contributed by atoms with Gasteiger partial charge >= 0.3 is 0 Å². The molecule has 1 aromatic heterocycles. The number of hydrogen-bond donors (Lipinski definition) is 2. The SMILES string of the molecule is CCOc1cc(CCCNC(=NC)NCc2ncccc2C)ccc1OC.I. The second-order valence-corrected chi connectivity index (χ2v) is 6.14. The molecular weight excluding hydrogens is 467 g/mol.